The highest BCUT2D eigenvalue weighted by Crippen LogP contribution is 2.26. The number of benzene rings is 1. The quantitative estimate of drug-likeness (QED) is 0.641. The van der Waals surface area contributed by atoms with Gasteiger partial charge >= 0.3 is 6.09 Å². The first-order chi connectivity index (χ1) is 15.3. The van der Waals surface area contributed by atoms with Gasteiger partial charge in [0, 0.05) is 57.0 Å². The first-order valence-electron chi connectivity index (χ1n) is 11.5. The van der Waals surface area contributed by atoms with E-state index < -0.39 is 23.6 Å². The summed E-state index contributed by atoms with van der Waals surface area (Å²) in [6.07, 6.45) is -0.450. The first-order valence-corrected chi connectivity index (χ1v) is 11.9. The summed E-state index contributed by atoms with van der Waals surface area (Å²) in [5, 5.41) is 0.0866. The lowest BCUT2D eigenvalue weighted by Gasteiger charge is -2.47. The van der Waals surface area contributed by atoms with E-state index in [1.807, 2.05) is 25.7 Å². The Hall–Kier alpha value is -2.06. The van der Waals surface area contributed by atoms with E-state index in [0.717, 1.165) is 5.69 Å². The van der Waals surface area contributed by atoms with Gasteiger partial charge in [0.15, 0.2) is 0 Å². The van der Waals surface area contributed by atoms with Crippen LogP contribution in [0.3, 0.4) is 0 Å². The molecule has 2 saturated heterocycles. The van der Waals surface area contributed by atoms with Crippen LogP contribution in [0.4, 0.5) is 14.9 Å². The molecule has 0 N–H and O–H groups in total. The lowest BCUT2D eigenvalue weighted by Crippen LogP contribution is -2.65. The van der Waals surface area contributed by atoms with Crippen molar-refractivity contribution >= 4 is 29.3 Å². The zero-order valence-electron chi connectivity index (χ0n) is 20.5. The number of ether oxygens (including phenoxy) is 1. The third-order valence-electron chi connectivity index (χ3n) is 6.10. The first kappa shape index (κ1) is 25.6. The molecule has 2 amide bonds. The van der Waals surface area contributed by atoms with Crippen LogP contribution in [0.2, 0.25) is 5.02 Å². The predicted octanol–water partition coefficient (Wildman–Crippen LogP) is 3.85. The highest BCUT2D eigenvalue weighted by atomic mass is 35.5. The number of hydrogen-bond donors (Lipinski definition) is 0. The molecule has 33 heavy (non-hydrogen) atoms. The Kier molecular flexibility index (Phi) is 7.49. The maximum atomic E-state index is 13.6. The fourth-order valence-electron chi connectivity index (χ4n) is 4.22. The van der Waals surface area contributed by atoms with Crippen LogP contribution in [0.15, 0.2) is 18.2 Å². The van der Waals surface area contributed by atoms with Crippen LogP contribution in [0.5, 0.6) is 0 Å². The van der Waals surface area contributed by atoms with Crippen molar-refractivity contribution in [3.63, 3.8) is 0 Å². The van der Waals surface area contributed by atoms with Gasteiger partial charge in [-0.15, -0.1) is 0 Å². The highest BCUT2D eigenvalue weighted by molar-refractivity contribution is 6.31. The molecular formula is C24H36ClFN4O3. The normalized spacial score (nSPS) is 20.7. The van der Waals surface area contributed by atoms with E-state index in [-0.39, 0.29) is 16.5 Å². The van der Waals surface area contributed by atoms with Crippen LogP contribution in [-0.2, 0) is 9.53 Å². The van der Waals surface area contributed by atoms with Crippen molar-refractivity contribution in [3.8, 4) is 0 Å². The molecule has 1 aromatic rings. The van der Waals surface area contributed by atoms with Gasteiger partial charge in [-0.25, -0.2) is 9.18 Å². The third-order valence-corrected chi connectivity index (χ3v) is 6.39. The van der Waals surface area contributed by atoms with Gasteiger partial charge in [0.25, 0.3) is 0 Å². The molecule has 2 fully saturated rings. The van der Waals surface area contributed by atoms with Crippen LogP contribution < -0.4 is 4.90 Å². The van der Waals surface area contributed by atoms with Gasteiger partial charge in [-0.2, -0.15) is 0 Å². The van der Waals surface area contributed by atoms with E-state index in [0.29, 0.717) is 45.8 Å². The van der Waals surface area contributed by atoms with Crippen LogP contribution >= 0.6 is 11.6 Å². The Bertz CT molecular complexity index is 875. The maximum Gasteiger partial charge on any atom is 0.411 e. The summed E-state index contributed by atoms with van der Waals surface area (Å²) in [5.74, 6) is -0.510. The number of carbonyl (C=O) groups is 2. The van der Waals surface area contributed by atoms with Crippen LogP contribution in [-0.4, -0.2) is 89.7 Å². The maximum absolute atomic E-state index is 13.6. The average molecular weight is 483 g/mol. The fraction of sp³-hybridized carbons (Fsp3) is 0.667. The highest BCUT2D eigenvalue weighted by Gasteiger charge is 2.42. The predicted molar refractivity (Wildman–Crippen MR) is 128 cm³/mol. The number of anilines is 1. The Morgan fingerprint density at radius 2 is 1.64 bits per heavy atom. The number of piperazine rings is 2. The molecule has 2 heterocycles. The van der Waals surface area contributed by atoms with Crippen LogP contribution in [0.1, 0.15) is 41.5 Å². The second-order valence-electron chi connectivity index (χ2n) is 10.7. The summed E-state index contributed by atoms with van der Waals surface area (Å²) in [6, 6.07) is 4.07. The molecule has 1 atom stereocenters. The van der Waals surface area contributed by atoms with Gasteiger partial charge < -0.3 is 14.5 Å². The summed E-state index contributed by atoms with van der Waals surface area (Å²) in [7, 11) is 0. The number of amides is 2. The van der Waals surface area contributed by atoms with E-state index in [1.54, 1.807) is 17.0 Å². The van der Waals surface area contributed by atoms with Gasteiger partial charge in [-0.1, -0.05) is 11.6 Å². The van der Waals surface area contributed by atoms with Crippen molar-refractivity contribution in [1.82, 2.24) is 14.7 Å². The lowest BCUT2D eigenvalue weighted by molar-refractivity contribution is -0.140. The number of rotatable bonds is 2. The zero-order chi connectivity index (χ0) is 24.6. The van der Waals surface area contributed by atoms with Gasteiger partial charge in [0.1, 0.15) is 17.5 Å². The summed E-state index contributed by atoms with van der Waals surface area (Å²) < 4.78 is 19.1. The lowest BCUT2D eigenvalue weighted by atomic mass is 10.0. The Balaban J connectivity index is 1.72. The minimum Gasteiger partial charge on any atom is -0.444 e. The summed E-state index contributed by atoms with van der Waals surface area (Å²) in [4.78, 5) is 34.3. The largest absolute Gasteiger partial charge is 0.444 e. The molecule has 184 valence electrons. The van der Waals surface area contributed by atoms with Crippen molar-refractivity contribution in [2.45, 2.75) is 58.7 Å². The molecule has 9 heteroatoms. The molecule has 0 aliphatic carbocycles. The van der Waals surface area contributed by atoms with Crippen LogP contribution in [0, 0.1) is 5.82 Å². The minimum atomic E-state index is -0.631. The van der Waals surface area contributed by atoms with E-state index in [9.17, 15) is 14.0 Å². The SMILES string of the molecule is CC(C)(C)OC(=O)N1CCN(C(C)(C)C)CC1C(=O)N1CCN(c2ccc(F)c(Cl)c2)CC1. The Labute approximate surface area is 201 Å². The fourth-order valence-corrected chi connectivity index (χ4v) is 4.39. The molecule has 1 aromatic carbocycles. The van der Waals surface area contributed by atoms with Gasteiger partial charge in [0.05, 0.1) is 5.02 Å². The van der Waals surface area contributed by atoms with Crippen molar-refractivity contribution in [1.29, 1.82) is 0 Å². The second-order valence-corrected chi connectivity index (χ2v) is 11.1. The van der Waals surface area contributed by atoms with Crippen LogP contribution in [0.25, 0.3) is 0 Å². The van der Waals surface area contributed by atoms with Gasteiger partial charge in [-0.3, -0.25) is 14.6 Å². The summed E-state index contributed by atoms with van der Waals surface area (Å²) in [5.41, 5.74) is 0.0907. The van der Waals surface area contributed by atoms with Crippen molar-refractivity contribution in [2.75, 3.05) is 50.7 Å². The van der Waals surface area contributed by atoms with Crippen molar-refractivity contribution in [3.05, 3.63) is 29.0 Å². The molecule has 1 unspecified atom stereocenters. The zero-order valence-corrected chi connectivity index (χ0v) is 21.3. The Morgan fingerprint density at radius 3 is 2.18 bits per heavy atom. The standard InChI is InChI=1S/C24H36ClFN4O3/c1-23(2,3)29-13-14-30(22(32)33-24(4,5)6)20(16-29)21(31)28-11-9-27(10-12-28)17-7-8-19(26)18(25)15-17/h7-8,15,20H,9-14,16H2,1-6H3. The molecule has 3 rings (SSSR count). The van der Waals surface area contributed by atoms with Crippen molar-refractivity contribution in [2.24, 2.45) is 0 Å². The molecular weight excluding hydrogens is 447 g/mol. The minimum absolute atomic E-state index is 0.0633. The molecule has 0 spiro atoms. The van der Waals surface area contributed by atoms with Crippen molar-refractivity contribution < 1.29 is 18.7 Å². The average Bonchev–Trinajstić information content (AvgIpc) is 2.73. The van der Waals surface area contributed by atoms with Gasteiger partial charge in [0.2, 0.25) is 5.91 Å². The van der Waals surface area contributed by atoms with E-state index in [1.165, 1.54) is 6.07 Å². The smallest absolute Gasteiger partial charge is 0.411 e. The monoisotopic (exact) mass is 482 g/mol. The number of halogens is 2. The van der Waals surface area contributed by atoms with Gasteiger partial charge in [-0.05, 0) is 59.7 Å². The summed E-state index contributed by atoms with van der Waals surface area (Å²) in [6.45, 7) is 15.7. The number of hydrogen-bond acceptors (Lipinski definition) is 5. The molecule has 0 saturated carbocycles. The Morgan fingerprint density at radius 1 is 1.00 bits per heavy atom. The number of carbonyl (C=O) groups excluding carboxylic acids is 2. The number of nitrogens with zero attached hydrogens (tertiary/aromatic N) is 4. The molecule has 2 aliphatic rings. The summed E-state index contributed by atoms with van der Waals surface area (Å²) >= 11 is 5.94. The molecule has 7 nitrogen and oxygen atoms in total. The van der Waals surface area contributed by atoms with E-state index >= 15 is 0 Å². The molecule has 0 bridgehead atoms. The molecule has 0 radical (unpaired) electrons. The third kappa shape index (κ3) is 6.29. The molecule has 2 aliphatic heterocycles. The topological polar surface area (TPSA) is 56.3 Å². The second kappa shape index (κ2) is 9.66. The molecule has 0 aromatic heterocycles. The van der Waals surface area contributed by atoms with E-state index in [2.05, 4.69) is 30.6 Å². The van der Waals surface area contributed by atoms with E-state index in [4.69, 9.17) is 16.3 Å².